The van der Waals surface area contributed by atoms with Gasteiger partial charge in [0.2, 0.25) is 10.0 Å². The predicted octanol–water partition coefficient (Wildman–Crippen LogP) is 4.64. The summed E-state index contributed by atoms with van der Waals surface area (Å²) in [6, 6.07) is 9.04. The maximum absolute atomic E-state index is 13.2. The number of carbonyl (C=O) groups excluding carboxylic acids is 2. The molecule has 2 aromatic rings. The molecular formula is C23H27ClN2O5S. The summed E-state index contributed by atoms with van der Waals surface area (Å²) in [4.78, 5) is 24.8. The van der Waals surface area contributed by atoms with Crippen molar-refractivity contribution in [2.24, 2.45) is 0 Å². The van der Waals surface area contributed by atoms with E-state index in [1.54, 1.807) is 26.0 Å². The first-order valence-electron chi connectivity index (χ1n) is 10.6. The topological polar surface area (TPSA) is 92.8 Å². The van der Waals surface area contributed by atoms with Gasteiger partial charge < -0.3 is 10.1 Å². The Hall–Kier alpha value is -2.42. The number of aryl methyl sites for hydroxylation is 1. The number of rotatable bonds is 6. The van der Waals surface area contributed by atoms with Gasteiger partial charge in [0.15, 0.2) is 0 Å². The van der Waals surface area contributed by atoms with E-state index >= 15 is 0 Å². The Morgan fingerprint density at radius 2 is 1.69 bits per heavy atom. The van der Waals surface area contributed by atoms with Crippen LogP contribution in [0.3, 0.4) is 0 Å². The van der Waals surface area contributed by atoms with Crippen LogP contribution in [0.2, 0.25) is 5.02 Å². The monoisotopic (exact) mass is 478 g/mol. The lowest BCUT2D eigenvalue weighted by Crippen LogP contribution is -2.32. The third-order valence-electron chi connectivity index (χ3n) is 5.36. The second-order valence-electron chi connectivity index (χ2n) is 7.67. The average molecular weight is 479 g/mol. The molecule has 172 valence electrons. The second kappa shape index (κ2) is 10.5. The largest absolute Gasteiger partial charge is 0.462 e. The van der Waals surface area contributed by atoms with Crippen LogP contribution >= 0.6 is 11.6 Å². The molecule has 1 fully saturated rings. The van der Waals surface area contributed by atoms with Crippen LogP contribution in [0, 0.1) is 6.92 Å². The fourth-order valence-electron chi connectivity index (χ4n) is 3.59. The smallest absolute Gasteiger partial charge is 0.338 e. The SMILES string of the molecule is CCOC(=O)c1ccc(NC(=O)c2ccc(C)c(S(=O)(=O)N3CCCCCC3)c2)c(Cl)c1. The summed E-state index contributed by atoms with van der Waals surface area (Å²) in [6.07, 6.45) is 3.70. The van der Waals surface area contributed by atoms with Crippen LogP contribution in [0.4, 0.5) is 5.69 Å². The minimum absolute atomic E-state index is 0.135. The lowest BCUT2D eigenvalue weighted by atomic mass is 10.1. The molecule has 0 unspecified atom stereocenters. The molecule has 0 saturated carbocycles. The average Bonchev–Trinajstić information content (AvgIpc) is 3.05. The number of benzene rings is 2. The van der Waals surface area contributed by atoms with E-state index in [2.05, 4.69) is 5.32 Å². The van der Waals surface area contributed by atoms with Crippen LogP contribution in [-0.2, 0) is 14.8 Å². The molecule has 0 bridgehead atoms. The molecule has 7 nitrogen and oxygen atoms in total. The fourth-order valence-corrected chi connectivity index (χ4v) is 5.59. The third-order valence-corrected chi connectivity index (χ3v) is 7.71. The van der Waals surface area contributed by atoms with E-state index in [0.717, 1.165) is 25.7 Å². The Kier molecular flexibility index (Phi) is 7.92. The molecule has 0 spiro atoms. The Labute approximate surface area is 193 Å². The third kappa shape index (κ3) is 5.49. The number of hydrogen-bond donors (Lipinski definition) is 1. The summed E-state index contributed by atoms with van der Waals surface area (Å²) < 4.78 is 32.9. The maximum atomic E-state index is 13.2. The lowest BCUT2D eigenvalue weighted by molar-refractivity contribution is 0.0526. The van der Waals surface area contributed by atoms with Gasteiger partial charge in [-0.15, -0.1) is 0 Å². The van der Waals surface area contributed by atoms with Gasteiger partial charge in [-0.2, -0.15) is 4.31 Å². The first-order chi connectivity index (χ1) is 15.2. The zero-order valence-corrected chi connectivity index (χ0v) is 19.8. The molecule has 0 aromatic heterocycles. The van der Waals surface area contributed by atoms with Gasteiger partial charge in [-0.3, -0.25) is 4.79 Å². The normalized spacial score (nSPS) is 15.1. The van der Waals surface area contributed by atoms with Gasteiger partial charge in [0, 0.05) is 18.7 Å². The van der Waals surface area contributed by atoms with Gasteiger partial charge >= 0.3 is 5.97 Å². The van der Waals surface area contributed by atoms with E-state index in [1.807, 2.05) is 0 Å². The summed E-state index contributed by atoms with van der Waals surface area (Å²) in [7, 11) is -3.70. The number of ether oxygens (including phenoxy) is 1. The van der Waals surface area contributed by atoms with Crippen molar-refractivity contribution in [3.05, 3.63) is 58.1 Å². The van der Waals surface area contributed by atoms with E-state index in [1.165, 1.54) is 28.6 Å². The summed E-state index contributed by atoms with van der Waals surface area (Å²) in [5.74, 6) is -1.00. The lowest BCUT2D eigenvalue weighted by Gasteiger charge is -2.21. The number of hydrogen-bond acceptors (Lipinski definition) is 5. The van der Waals surface area contributed by atoms with Crippen molar-refractivity contribution in [2.45, 2.75) is 44.4 Å². The van der Waals surface area contributed by atoms with Crippen molar-refractivity contribution in [1.82, 2.24) is 4.31 Å². The van der Waals surface area contributed by atoms with E-state index in [4.69, 9.17) is 16.3 Å². The minimum atomic E-state index is -3.70. The number of nitrogens with zero attached hydrogens (tertiary/aromatic N) is 1. The predicted molar refractivity (Wildman–Crippen MR) is 124 cm³/mol. The van der Waals surface area contributed by atoms with Crippen molar-refractivity contribution >= 4 is 39.2 Å². The summed E-state index contributed by atoms with van der Waals surface area (Å²) in [5.41, 5.74) is 1.37. The molecule has 3 rings (SSSR count). The molecule has 1 heterocycles. The second-order valence-corrected chi connectivity index (χ2v) is 9.98. The van der Waals surface area contributed by atoms with E-state index in [-0.39, 0.29) is 27.7 Å². The molecule has 1 saturated heterocycles. The molecule has 0 aliphatic carbocycles. The highest BCUT2D eigenvalue weighted by molar-refractivity contribution is 7.89. The number of amides is 1. The quantitative estimate of drug-likeness (QED) is 0.610. The summed E-state index contributed by atoms with van der Waals surface area (Å²) in [5, 5.41) is 2.86. The van der Waals surface area contributed by atoms with Crippen LogP contribution in [0.1, 0.15) is 58.9 Å². The Morgan fingerprint density at radius 1 is 1.03 bits per heavy atom. The number of halogens is 1. The number of carbonyl (C=O) groups is 2. The molecule has 0 radical (unpaired) electrons. The molecule has 32 heavy (non-hydrogen) atoms. The molecule has 2 aromatic carbocycles. The maximum Gasteiger partial charge on any atom is 0.338 e. The standard InChI is InChI=1S/C23H27ClN2O5S/c1-3-31-23(28)18-10-11-20(19(24)14-18)25-22(27)17-9-8-16(2)21(15-17)32(29,30)26-12-6-4-5-7-13-26/h8-11,14-15H,3-7,12-13H2,1-2H3,(H,25,27). The van der Waals surface area contributed by atoms with E-state index in [9.17, 15) is 18.0 Å². The number of anilines is 1. The van der Waals surface area contributed by atoms with E-state index < -0.39 is 21.9 Å². The molecule has 1 aliphatic rings. The van der Waals surface area contributed by atoms with Gasteiger partial charge in [-0.1, -0.05) is 30.5 Å². The highest BCUT2D eigenvalue weighted by Gasteiger charge is 2.27. The van der Waals surface area contributed by atoms with Crippen molar-refractivity contribution < 1.29 is 22.7 Å². The summed E-state index contributed by atoms with van der Waals surface area (Å²) >= 11 is 6.23. The molecule has 9 heteroatoms. The van der Waals surface area contributed by atoms with E-state index in [0.29, 0.717) is 24.3 Å². The van der Waals surface area contributed by atoms with Gasteiger partial charge in [-0.05, 0) is 62.6 Å². The first kappa shape index (κ1) is 24.2. The van der Waals surface area contributed by atoms with Crippen molar-refractivity contribution in [1.29, 1.82) is 0 Å². The molecule has 1 N–H and O–H groups in total. The van der Waals surface area contributed by atoms with Gasteiger partial charge in [0.05, 0.1) is 27.8 Å². The highest BCUT2D eigenvalue weighted by Crippen LogP contribution is 2.27. The Morgan fingerprint density at radius 3 is 2.31 bits per heavy atom. The van der Waals surface area contributed by atoms with Crippen molar-refractivity contribution in [3.63, 3.8) is 0 Å². The molecule has 1 aliphatic heterocycles. The molecule has 0 atom stereocenters. The first-order valence-corrected chi connectivity index (χ1v) is 12.4. The zero-order chi connectivity index (χ0) is 23.3. The Balaban J connectivity index is 1.83. The van der Waals surface area contributed by atoms with Gasteiger partial charge in [-0.25, -0.2) is 13.2 Å². The zero-order valence-electron chi connectivity index (χ0n) is 18.2. The summed E-state index contributed by atoms with van der Waals surface area (Å²) in [6.45, 7) is 4.64. The molecular weight excluding hydrogens is 452 g/mol. The van der Waals surface area contributed by atoms with Crippen LogP contribution in [0.25, 0.3) is 0 Å². The number of nitrogens with one attached hydrogen (secondary N) is 1. The minimum Gasteiger partial charge on any atom is -0.462 e. The van der Waals surface area contributed by atoms with Gasteiger partial charge in [0.1, 0.15) is 0 Å². The van der Waals surface area contributed by atoms with Crippen LogP contribution in [0.15, 0.2) is 41.3 Å². The van der Waals surface area contributed by atoms with Crippen molar-refractivity contribution in [2.75, 3.05) is 25.0 Å². The fraction of sp³-hybridized carbons (Fsp3) is 0.391. The van der Waals surface area contributed by atoms with Crippen LogP contribution < -0.4 is 5.32 Å². The van der Waals surface area contributed by atoms with Crippen LogP contribution in [0.5, 0.6) is 0 Å². The highest BCUT2D eigenvalue weighted by atomic mass is 35.5. The Bertz CT molecular complexity index is 1110. The molecule has 1 amide bonds. The van der Waals surface area contributed by atoms with Gasteiger partial charge in [0.25, 0.3) is 5.91 Å². The number of sulfonamides is 1. The van der Waals surface area contributed by atoms with Crippen LogP contribution in [-0.4, -0.2) is 44.3 Å². The number of esters is 1. The van der Waals surface area contributed by atoms with Crippen molar-refractivity contribution in [3.8, 4) is 0 Å².